The highest BCUT2D eigenvalue weighted by atomic mass is 16.5. The highest BCUT2D eigenvalue weighted by molar-refractivity contribution is 5.94. The van der Waals surface area contributed by atoms with E-state index in [0.717, 1.165) is 42.9 Å². The maximum Gasteiger partial charge on any atom is 0.159 e. The zero-order chi connectivity index (χ0) is 17.2. The Labute approximate surface area is 147 Å². The van der Waals surface area contributed by atoms with Gasteiger partial charge >= 0.3 is 0 Å². The summed E-state index contributed by atoms with van der Waals surface area (Å²) in [6, 6.07) is 15.1. The second-order valence-corrected chi connectivity index (χ2v) is 6.51. The second-order valence-electron chi connectivity index (χ2n) is 6.51. The molecule has 4 rings (SSSR count). The zero-order valence-corrected chi connectivity index (χ0v) is 14.6. The largest absolute Gasteiger partial charge is 0.378 e. The van der Waals surface area contributed by atoms with Crippen LogP contribution in [0.2, 0.25) is 0 Å². The minimum atomic E-state index is 0.744. The Kier molecular flexibility index (Phi) is 4.24. The molecule has 128 valence electrons. The molecule has 0 saturated carbocycles. The van der Waals surface area contributed by atoms with Crippen molar-refractivity contribution in [3.8, 4) is 11.1 Å². The molecule has 1 saturated heterocycles. The van der Waals surface area contributed by atoms with Crippen LogP contribution in [0.15, 0.2) is 48.7 Å². The maximum absolute atomic E-state index is 5.44. The number of anilines is 2. The number of hydrogen-bond acceptors (Lipinski definition) is 5. The molecule has 0 atom stereocenters. The van der Waals surface area contributed by atoms with Crippen molar-refractivity contribution in [1.82, 2.24) is 10.2 Å². The summed E-state index contributed by atoms with van der Waals surface area (Å²) in [5, 5.41) is 10.9. The van der Waals surface area contributed by atoms with E-state index in [-0.39, 0.29) is 0 Å². The van der Waals surface area contributed by atoms with E-state index in [1.807, 2.05) is 6.20 Å². The van der Waals surface area contributed by atoms with Gasteiger partial charge in [0.2, 0.25) is 0 Å². The lowest BCUT2D eigenvalue weighted by molar-refractivity contribution is 0.122. The van der Waals surface area contributed by atoms with Gasteiger partial charge in [0.25, 0.3) is 0 Å². The molecule has 5 nitrogen and oxygen atoms in total. The third kappa shape index (κ3) is 3.15. The summed E-state index contributed by atoms with van der Waals surface area (Å²) in [5.41, 5.74) is 3.60. The predicted molar refractivity (Wildman–Crippen MR) is 102 cm³/mol. The minimum Gasteiger partial charge on any atom is -0.378 e. The Balaban J connectivity index is 1.70. The molecule has 0 bridgehead atoms. The van der Waals surface area contributed by atoms with Crippen LogP contribution >= 0.6 is 0 Å². The van der Waals surface area contributed by atoms with Crippen molar-refractivity contribution >= 4 is 22.3 Å². The van der Waals surface area contributed by atoms with Gasteiger partial charge in [-0.05, 0) is 35.4 Å². The number of benzene rings is 2. The first-order valence-electron chi connectivity index (χ1n) is 8.58. The summed E-state index contributed by atoms with van der Waals surface area (Å²) < 4.78 is 5.44. The molecule has 5 heteroatoms. The van der Waals surface area contributed by atoms with E-state index < -0.39 is 0 Å². The minimum absolute atomic E-state index is 0.744. The average molecular weight is 334 g/mol. The molecule has 0 spiro atoms. The number of nitrogens with zero attached hydrogens (tertiary/aromatic N) is 4. The first-order chi connectivity index (χ1) is 12.2. The summed E-state index contributed by atoms with van der Waals surface area (Å²) in [6.45, 7) is 3.21. The first-order valence-corrected chi connectivity index (χ1v) is 8.58. The van der Waals surface area contributed by atoms with Gasteiger partial charge in [-0.2, -0.15) is 5.10 Å². The van der Waals surface area contributed by atoms with Gasteiger partial charge in [0.15, 0.2) is 5.82 Å². The fourth-order valence-electron chi connectivity index (χ4n) is 3.21. The predicted octanol–water partition coefficient (Wildman–Crippen LogP) is 3.20. The molecule has 3 aromatic rings. The lowest BCUT2D eigenvalue weighted by Gasteiger charge is -2.28. The van der Waals surface area contributed by atoms with E-state index in [1.54, 1.807) is 0 Å². The van der Waals surface area contributed by atoms with Gasteiger partial charge in [-0.3, -0.25) is 0 Å². The molecule has 1 aliphatic rings. The number of aromatic nitrogens is 2. The molecule has 25 heavy (non-hydrogen) atoms. The summed E-state index contributed by atoms with van der Waals surface area (Å²) in [5.74, 6) is 0.954. The van der Waals surface area contributed by atoms with Crippen LogP contribution in [0.1, 0.15) is 0 Å². The highest BCUT2D eigenvalue weighted by Crippen LogP contribution is 2.29. The molecule has 0 radical (unpaired) electrons. The van der Waals surface area contributed by atoms with Crippen LogP contribution in [0.25, 0.3) is 21.9 Å². The van der Waals surface area contributed by atoms with Crippen LogP contribution in [0.4, 0.5) is 11.5 Å². The van der Waals surface area contributed by atoms with Gasteiger partial charge in [0.05, 0.1) is 19.4 Å². The quantitative estimate of drug-likeness (QED) is 0.736. The molecule has 1 aromatic heterocycles. The van der Waals surface area contributed by atoms with E-state index in [1.165, 1.54) is 16.8 Å². The average Bonchev–Trinajstić information content (AvgIpc) is 2.68. The van der Waals surface area contributed by atoms with Crippen molar-refractivity contribution in [2.75, 3.05) is 50.2 Å². The molecule has 0 unspecified atom stereocenters. The molecular weight excluding hydrogens is 312 g/mol. The van der Waals surface area contributed by atoms with Gasteiger partial charge in [0, 0.05) is 43.6 Å². The summed E-state index contributed by atoms with van der Waals surface area (Å²) >= 11 is 0. The number of rotatable bonds is 3. The SMILES string of the molecule is CN(C)c1ccc(-c2ccc3c(N4CCOCC4)nncc3c2)cc1. The van der Waals surface area contributed by atoms with Crippen molar-refractivity contribution < 1.29 is 4.74 Å². The van der Waals surface area contributed by atoms with E-state index in [0.29, 0.717) is 0 Å². The van der Waals surface area contributed by atoms with Gasteiger partial charge in [-0.1, -0.05) is 18.2 Å². The molecule has 0 amide bonds. The fraction of sp³-hybridized carbons (Fsp3) is 0.300. The van der Waals surface area contributed by atoms with Crippen molar-refractivity contribution in [3.05, 3.63) is 48.7 Å². The third-order valence-electron chi connectivity index (χ3n) is 4.67. The highest BCUT2D eigenvalue weighted by Gasteiger charge is 2.16. The lowest BCUT2D eigenvalue weighted by atomic mass is 10.0. The van der Waals surface area contributed by atoms with Gasteiger partial charge in [0.1, 0.15) is 0 Å². The number of fused-ring (bicyclic) bond motifs is 1. The van der Waals surface area contributed by atoms with E-state index >= 15 is 0 Å². The van der Waals surface area contributed by atoms with E-state index in [2.05, 4.69) is 76.6 Å². The van der Waals surface area contributed by atoms with Gasteiger partial charge in [-0.15, -0.1) is 5.10 Å². The monoisotopic (exact) mass is 334 g/mol. The van der Waals surface area contributed by atoms with Crippen LogP contribution in [-0.4, -0.2) is 50.6 Å². The first kappa shape index (κ1) is 15.8. The molecule has 1 fully saturated rings. The fourth-order valence-corrected chi connectivity index (χ4v) is 3.21. The molecule has 0 aliphatic carbocycles. The Morgan fingerprint density at radius 2 is 1.68 bits per heavy atom. The standard InChI is InChI=1S/C20H22N4O/c1-23(2)18-6-3-15(4-7-18)16-5-8-19-17(13-16)14-21-22-20(19)24-9-11-25-12-10-24/h3-8,13-14H,9-12H2,1-2H3. The molecular formula is C20H22N4O. The zero-order valence-electron chi connectivity index (χ0n) is 14.6. The summed E-state index contributed by atoms with van der Waals surface area (Å²) in [7, 11) is 4.10. The van der Waals surface area contributed by atoms with E-state index in [4.69, 9.17) is 4.74 Å². The molecule has 2 aromatic carbocycles. The third-order valence-corrected chi connectivity index (χ3v) is 4.67. The maximum atomic E-state index is 5.44. The van der Waals surface area contributed by atoms with Gasteiger partial charge < -0.3 is 14.5 Å². The van der Waals surface area contributed by atoms with Crippen LogP contribution in [0, 0.1) is 0 Å². The van der Waals surface area contributed by atoms with Gasteiger partial charge in [-0.25, -0.2) is 0 Å². The van der Waals surface area contributed by atoms with Crippen molar-refractivity contribution in [2.24, 2.45) is 0 Å². The Bertz CT molecular complexity index is 871. The smallest absolute Gasteiger partial charge is 0.159 e. The Morgan fingerprint density at radius 1 is 0.960 bits per heavy atom. The number of hydrogen-bond donors (Lipinski definition) is 0. The topological polar surface area (TPSA) is 41.5 Å². The summed E-state index contributed by atoms with van der Waals surface area (Å²) in [4.78, 5) is 4.36. The summed E-state index contributed by atoms with van der Waals surface area (Å²) in [6.07, 6.45) is 1.84. The Hall–Kier alpha value is -2.66. The molecule has 2 heterocycles. The van der Waals surface area contributed by atoms with Crippen molar-refractivity contribution in [1.29, 1.82) is 0 Å². The lowest BCUT2D eigenvalue weighted by Crippen LogP contribution is -2.37. The molecule has 1 aliphatic heterocycles. The normalized spacial score (nSPS) is 14.7. The van der Waals surface area contributed by atoms with Crippen molar-refractivity contribution in [2.45, 2.75) is 0 Å². The van der Waals surface area contributed by atoms with Crippen LogP contribution in [-0.2, 0) is 4.74 Å². The van der Waals surface area contributed by atoms with Crippen LogP contribution in [0.3, 0.4) is 0 Å². The molecule has 0 N–H and O–H groups in total. The second kappa shape index (κ2) is 6.69. The number of ether oxygens (including phenoxy) is 1. The van der Waals surface area contributed by atoms with Crippen molar-refractivity contribution in [3.63, 3.8) is 0 Å². The van der Waals surface area contributed by atoms with Crippen LogP contribution < -0.4 is 9.80 Å². The number of morpholine rings is 1. The Morgan fingerprint density at radius 3 is 2.40 bits per heavy atom. The van der Waals surface area contributed by atoms with Crippen LogP contribution in [0.5, 0.6) is 0 Å². The van der Waals surface area contributed by atoms with E-state index in [9.17, 15) is 0 Å².